The first-order valence-electron chi connectivity index (χ1n) is 8.99. The van der Waals surface area contributed by atoms with Crippen LogP contribution in [0.15, 0.2) is 39.5 Å². The summed E-state index contributed by atoms with van der Waals surface area (Å²) in [6.07, 6.45) is 2.68. The van der Waals surface area contributed by atoms with Crippen molar-refractivity contribution in [1.29, 1.82) is 0 Å². The van der Waals surface area contributed by atoms with Gasteiger partial charge in [-0.15, -0.1) is 5.10 Å². The van der Waals surface area contributed by atoms with E-state index in [0.29, 0.717) is 21.7 Å². The van der Waals surface area contributed by atoms with Crippen molar-refractivity contribution < 1.29 is 17.2 Å². The molecule has 0 bridgehead atoms. The molecule has 2 N–H and O–H groups in total. The first-order chi connectivity index (χ1) is 14.6. The highest BCUT2D eigenvalue weighted by Crippen LogP contribution is 2.34. The highest BCUT2D eigenvalue weighted by Gasteiger charge is 2.23. The van der Waals surface area contributed by atoms with Gasteiger partial charge in [0, 0.05) is 39.8 Å². The third-order valence-corrected chi connectivity index (χ3v) is 6.48. The second-order valence-electron chi connectivity index (χ2n) is 7.01. The average molecular weight is 529 g/mol. The maximum absolute atomic E-state index is 15.6. The molecule has 0 aliphatic rings. The highest BCUT2D eigenvalue weighted by molar-refractivity contribution is 9.10. The van der Waals surface area contributed by atoms with Gasteiger partial charge in [-0.05, 0) is 23.8 Å². The summed E-state index contributed by atoms with van der Waals surface area (Å²) < 4.78 is 46.5. The molecule has 0 radical (unpaired) electrons. The molecule has 0 saturated carbocycles. The van der Waals surface area contributed by atoms with Gasteiger partial charge >= 0.3 is 6.01 Å². The summed E-state index contributed by atoms with van der Waals surface area (Å²) >= 11 is 9.69. The van der Waals surface area contributed by atoms with Gasteiger partial charge in [0.2, 0.25) is 5.89 Å². The van der Waals surface area contributed by atoms with Crippen molar-refractivity contribution in [3.05, 3.63) is 57.0 Å². The van der Waals surface area contributed by atoms with Crippen LogP contribution in [0.1, 0.15) is 11.1 Å². The normalized spacial score (nSPS) is 12.0. The second-order valence-corrected chi connectivity index (χ2v) is 10.6. The number of benzene rings is 2. The number of hydrogen-bond donors (Lipinski definition) is 1. The monoisotopic (exact) mass is 527 g/mol. The standard InChI is InChI=1S/C19H16BrClFN5O3S/c1-31(28,29)5-4-27-9-24-17-15(27)8-13(18-25-26-19(23)30-18)12(16(17)22)6-10-2-3-11(20)7-14(10)21/h2-3,7-9H,4-6H2,1H3,(H2,23,26). The molecule has 0 atom stereocenters. The van der Waals surface area contributed by atoms with Crippen molar-refractivity contribution in [1.82, 2.24) is 19.7 Å². The summed E-state index contributed by atoms with van der Waals surface area (Å²) in [5, 5.41) is 8.02. The van der Waals surface area contributed by atoms with E-state index in [1.54, 1.807) is 22.8 Å². The topological polar surface area (TPSA) is 117 Å². The van der Waals surface area contributed by atoms with Gasteiger partial charge in [-0.3, -0.25) is 0 Å². The summed E-state index contributed by atoms with van der Waals surface area (Å²) in [7, 11) is -3.21. The lowest BCUT2D eigenvalue weighted by atomic mass is 9.98. The smallest absolute Gasteiger partial charge is 0.313 e. The van der Waals surface area contributed by atoms with Crippen molar-refractivity contribution in [3.63, 3.8) is 0 Å². The Hall–Kier alpha value is -2.50. The number of halogens is 3. The van der Waals surface area contributed by atoms with Gasteiger partial charge in [0.05, 0.1) is 17.6 Å². The number of anilines is 1. The molecule has 0 spiro atoms. The van der Waals surface area contributed by atoms with Gasteiger partial charge in [-0.2, -0.15) is 0 Å². The molecule has 12 heteroatoms. The molecule has 4 rings (SSSR count). The molecule has 2 aromatic carbocycles. The minimum Gasteiger partial charge on any atom is -0.404 e. The maximum Gasteiger partial charge on any atom is 0.313 e. The van der Waals surface area contributed by atoms with Crippen molar-refractivity contribution in [2.24, 2.45) is 0 Å². The first-order valence-corrected chi connectivity index (χ1v) is 12.2. The van der Waals surface area contributed by atoms with Crippen molar-refractivity contribution in [2.75, 3.05) is 17.7 Å². The molecule has 8 nitrogen and oxygen atoms in total. The third kappa shape index (κ3) is 4.58. The number of nitrogen functional groups attached to an aromatic ring is 1. The maximum atomic E-state index is 15.6. The second kappa shape index (κ2) is 8.21. The Morgan fingerprint density at radius 3 is 2.71 bits per heavy atom. The Morgan fingerprint density at radius 2 is 2.06 bits per heavy atom. The number of rotatable bonds is 6. The third-order valence-electron chi connectivity index (χ3n) is 4.71. The zero-order valence-electron chi connectivity index (χ0n) is 16.1. The van der Waals surface area contributed by atoms with Crippen LogP contribution in [0.5, 0.6) is 0 Å². The molecule has 0 amide bonds. The molecule has 162 valence electrons. The molecule has 0 aliphatic heterocycles. The minimum absolute atomic E-state index is 0.0393. The lowest BCUT2D eigenvalue weighted by molar-refractivity contribution is 0.585. The molecule has 31 heavy (non-hydrogen) atoms. The van der Waals surface area contributed by atoms with Crippen molar-refractivity contribution in [2.45, 2.75) is 13.0 Å². The van der Waals surface area contributed by atoms with E-state index in [1.807, 2.05) is 6.07 Å². The minimum atomic E-state index is -3.21. The largest absolute Gasteiger partial charge is 0.404 e. The quantitative estimate of drug-likeness (QED) is 0.404. The van der Waals surface area contributed by atoms with Crippen LogP contribution in [-0.4, -0.2) is 40.2 Å². The first kappa shape index (κ1) is 21.7. The Morgan fingerprint density at radius 1 is 1.29 bits per heavy atom. The molecule has 0 aliphatic carbocycles. The van der Waals surface area contributed by atoms with E-state index in [1.165, 1.54) is 6.33 Å². The molecule has 2 heterocycles. The van der Waals surface area contributed by atoms with Crippen LogP contribution < -0.4 is 5.73 Å². The number of nitrogens with zero attached hydrogens (tertiary/aromatic N) is 4. The number of nitrogens with two attached hydrogens (primary N) is 1. The fourth-order valence-electron chi connectivity index (χ4n) is 3.20. The summed E-state index contributed by atoms with van der Waals surface area (Å²) in [6, 6.07) is 6.79. The predicted molar refractivity (Wildman–Crippen MR) is 119 cm³/mol. The fraction of sp³-hybridized carbons (Fsp3) is 0.211. The number of fused-ring (bicyclic) bond motifs is 1. The number of aromatic nitrogens is 4. The lowest BCUT2D eigenvalue weighted by Crippen LogP contribution is -2.10. The van der Waals surface area contributed by atoms with Gasteiger partial charge in [0.25, 0.3) is 0 Å². The van der Waals surface area contributed by atoms with Gasteiger partial charge in [0.15, 0.2) is 5.82 Å². The molecule has 4 aromatic rings. The van der Waals surface area contributed by atoms with E-state index in [9.17, 15) is 8.42 Å². The molecule has 0 saturated heterocycles. The summed E-state index contributed by atoms with van der Waals surface area (Å²) in [5.41, 5.74) is 7.35. The van der Waals surface area contributed by atoms with E-state index in [0.717, 1.165) is 10.7 Å². The van der Waals surface area contributed by atoms with Crippen molar-refractivity contribution in [3.8, 4) is 11.5 Å². The van der Waals surface area contributed by atoms with E-state index < -0.39 is 15.7 Å². The molecule has 0 unspecified atom stereocenters. The fourth-order valence-corrected chi connectivity index (χ4v) is 4.47. The SMILES string of the molecule is CS(=O)(=O)CCn1cnc2c(F)c(Cc3ccc(Br)cc3Cl)c(-c3nnc(N)o3)cc21. The van der Waals surface area contributed by atoms with Crippen LogP contribution in [0, 0.1) is 5.82 Å². The van der Waals surface area contributed by atoms with Crippen LogP contribution in [-0.2, 0) is 22.8 Å². The van der Waals surface area contributed by atoms with Crippen molar-refractivity contribution >= 4 is 54.4 Å². The summed E-state index contributed by atoms with van der Waals surface area (Å²) in [6.45, 7) is 0.123. The number of sulfone groups is 1. The van der Waals surface area contributed by atoms with E-state index >= 15 is 4.39 Å². The van der Waals surface area contributed by atoms with Gasteiger partial charge in [-0.25, -0.2) is 17.8 Å². The van der Waals surface area contributed by atoms with Crippen LogP contribution in [0.3, 0.4) is 0 Å². The Labute approximate surface area is 190 Å². The van der Waals surface area contributed by atoms with Crippen LogP contribution in [0.25, 0.3) is 22.5 Å². The number of hydrogen-bond acceptors (Lipinski definition) is 7. The molecule has 2 aromatic heterocycles. The Kier molecular flexibility index (Phi) is 5.75. The lowest BCUT2D eigenvalue weighted by Gasteiger charge is -2.12. The zero-order chi connectivity index (χ0) is 22.3. The van der Waals surface area contributed by atoms with Crippen LogP contribution in [0.4, 0.5) is 10.4 Å². The van der Waals surface area contributed by atoms with E-state index in [-0.39, 0.29) is 41.7 Å². The molecular formula is C19H16BrClFN5O3S. The number of imidazole rings is 1. The molecule has 0 fully saturated rings. The van der Waals surface area contributed by atoms with E-state index in [4.69, 9.17) is 21.8 Å². The van der Waals surface area contributed by atoms with Gasteiger partial charge in [-0.1, -0.05) is 38.7 Å². The zero-order valence-corrected chi connectivity index (χ0v) is 19.3. The highest BCUT2D eigenvalue weighted by atomic mass is 79.9. The van der Waals surface area contributed by atoms with Gasteiger partial charge in [0.1, 0.15) is 15.4 Å². The number of aryl methyl sites for hydroxylation is 1. The summed E-state index contributed by atoms with van der Waals surface area (Å²) in [5.74, 6) is -0.655. The summed E-state index contributed by atoms with van der Waals surface area (Å²) in [4.78, 5) is 4.16. The van der Waals surface area contributed by atoms with Crippen LogP contribution >= 0.6 is 27.5 Å². The average Bonchev–Trinajstić information content (AvgIpc) is 3.29. The predicted octanol–water partition coefficient (Wildman–Crippen LogP) is 3.86. The van der Waals surface area contributed by atoms with Gasteiger partial charge < -0.3 is 14.7 Å². The molecular weight excluding hydrogens is 513 g/mol. The van der Waals surface area contributed by atoms with E-state index in [2.05, 4.69) is 31.1 Å². The Bertz CT molecular complexity index is 1400. The Balaban J connectivity index is 1.88. The van der Waals surface area contributed by atoms with Crippen LogP contribution in [0.2, 0.25) is 5.02 Å².